The second-order valence-corrected chi connectivity index (χ2v) is 9.02. The summed E-state index contributed by atoms with van der Waals surface area (Å²) in [5.74, 6) is 1.81. The summed E-state index contributed by atoms with van der Waals surface area (Å²) < 4.78 is 12.5. The molecule has 0 bridgehead atoms. The van der Waals surface area contributed by atoms with Gasteiger partial charge in [-0.2, -0.15) is 0 Å². The number of para-hydroxylation sites is 2. The number of nitrogens with one attached hydrogen (secondary N) is 1. The molecule has 0 saturated heterocycles. The Morgan fingerprint density at radius 1 is 1.00 bits per heavy atom. The molecule has 2 aromatic carbocycles. The van der Waals surface area contributed by atoms with Gasteiger partial charge < -0.3 is 24.3 Å². The third kappa shape index (κ3) is 6.12. The first kappa shape index (κ1) is 26.1. The average Bonchev–Trinajstić information content (AvgIpc) is 3.17. The molecular formula is C27H36N4O4. The van der Waals surface area contributed by atoms with Gasteiger partial charge in [-0.1, -0.05) is 12.1 Å². The molecule has 0 aliphatic carbocycles. The van der Waals surface area contributed by atoms with Crippen LogP contribution in [-0.4, -0.2) is 59.1 Å². The highest BCUT2D eigenvalue weighted by molar-refractivity contribution is 5.94. The second-order valence-electron chi connectivity index (χ2n) is 9.02. The first-order chi connectivity index (χ1) is 16.8. The van der Waals surface area contributed by atoms with Gasteiger partial charge in [-0.15, -0.1) is 0 Å². The summed E-state index contributed by atoms with van der Waals surface area (Å²) in [6, 6.07) is 13.2. The highest BCUT2D eigenvalue weighted by Gasteiger charge is 2.22. The molecule has 1 aromatic heterocycles. The summed E-state index contributed by atoms with van der Waals surface area (Å²) in [5.41, 5.74) is 2.31. The van der Waals surface area contributed by atoms with Gasteiger partial charge in [0.25, 0.3) is 5.91 Å². The standard InChI is InChI=1S/C27H36N4O4/c1-18(2)31(19(3)4)26(32)17-30-22-11-8-7-10-21(22)29-25(30)12-9-15-28-27(33)20-13-14-23(34-5)24(16-20)35-6/h7-8,10-11,13-14,16,18-19H,9,12,15,17H2,1-6H3,(H,28,33). The highest BCUT2D eigenvalue weighted by Crippen LogP contribution is 2.27. The number of aromatic nitrogens is 2. The maximum Gasteiger partial charge on any atom is 0.251 e. The molecule has 0 spiro atoms. The minimum atomic E-state index is -0.181. The molecule has 1 N–H and O–H groups in total. The van der Waals surface area contributed by atoms with Crippen molar-refractivity contribution in [1.82, 2.24) is 19.8 Å². The number of fused-ring (bicyclic) bond motifs is 1. The van der Waals surface area contributed by atoms with E-state index in [0.29, 0.717) is 36.4 Å². The van der Waals surface area contributed by atoms with E-state index in [1.54, 1.807) is 25.3 Å². The summed E-state index contributed by atoms with van der Waals surface area (Å²) in [5, 5.41) is 2.95. The molecule has 0 aliphatic rings. The number of methoxy groups -OCH3 is 2. The van der Waals surface area contributed by atoms with Gasteiger partial charge >= 0.3 is 0 Å². The third-order valence-electron chi connectivity index (χ3n) is 5.94. The lowest BCUT2D eigenvalue weighted by molar-refractivity contribution is -0.135. The maximum absolute atomic E-state index is 13.2. The van der Waals surface area contributed by atoms with E-state index in [2.05, 4.69) is 5.32 Å². The number of imidazole rings is 1. The lowest BCUT2D eigenvalue weighted by Gasteiger charge is -2.31. The first-order valence-corrected chi connectivity index (χ1v) is 12.0. The second kappa shape index (κ2) is 11.7. The fourth-order valence-corrected chi connectivity index (χ4v) is 4.41. The van der Waals surface area contributed by atoms with Crippen molar-refractivity contribution in [2.75, 3.05) is 20.8 Å². The first-order valence-electron chi connectivity index (χ1n) is 12.0. The van der Waals surface area contributed by atoms with Gasteiger partial charge in [-0.25, -0.2) is 4.98 Å². The van der Waals surface area contributed by atoms with E-state index >= 15 is 0 Å². The van der Waals surface area contributed by atoms with E-state index in [0.717, 1.165) is 16.9 Å². The van der Waals surface area contributed by atoms with Crippen LogP contribution in [0, 0.1) is 0 Å². The fraction of sp³-hybridized carbons (Fsp3) is 0.444. The Morgan fingerprint density at radius 2 is 1.69 bits per heavy atom. The van der Waals surface area contributed by atoms with Crippen molar-refractivity contribution in [3.8, 4) is 11.5 Å². The van der Waals surface area contributed by atoms with Crippen LogP contribution < -0.4 is 14.8 Å². The molecule has 8 nitrogen and oxygen atoms in total. The van der Waals surface area contributed by atoms with Crippen LogP contribution in [0.15, 0.2) is 42.5 Å². The lowest BCUT2D eigenvalue weighted by Crippen LogP contribution is -2.43. The Balaban J connectivity index is 1.68. The number of amides is 2. The van der Waals surface area contributed by atoms with Gasteiger partial charge in [0.15, 0.2) is 11.5 Å². The maximum atomic E-state index is 13.2. The van der Waals surface area contributed by atoms with E-state index in [9.17, 15) is 9.59 Å². The van der Waals surface area contributed by atoms with Crippen molar-refractivity contribution in [3.63, 3.8) is 0 Å². The SMILES string of the molecule is COc1ccc(C(=O)NCCCc2nc3ccccc3n2CC(=O)N(C(C)C)C(C)C)cc1OC. The Morgan fingerprint density at radius 3 is 2.34 bits per heavy atom. The molecule has 35 heavy (non-hydrogen) atoms. The van der Waals surface area contributed by atoms with Crippen molar-refractivity contribution in [1.29, 1.82) is 0 Å². The zero-order valence-corrected chi connectivity index (χ0v) is 21.5. The molecule has 0 unspecified atom stereocenters. The van der Waals surface area contributed by atoms with E-state index in [-0.39, 0.29) is 30.4 Å². The molecular weight excluding hydrogens is 444 g/mol. The van der Waals surface area contributed by atoms with Crippen LogP contribution in [0.3, 0.4) is 0 Å². The molecule has 0 atom stereocenters. The van der Waals surface area contributed by atoms with Crippen LogP contribution in [0.2, 0.25) is 0 Å². The third-order valence-corrected chi connectivity index (χ3v) is 5.94. The van der Waals surface area contributed by atoms with Gasteiger partial charge in [0, 0.05) is 30.6 Å². The van der Waals surface area contributed by atoms with E-state index in [1.165, 1.54) is 7.11 Å². The number of rotatable bonds is 11. The van der Waals surface area contributed by atoms with Gasteiger partial charge in [0.05, 0.1) is 25.3 Å². The Hall–Kier alpha value is -3.55. The van der Waals surface area contributed by atoms with Crippen molar-refractivity contribution < 1.29 is 19.1 Å². The largest absolute Gasteiger partial charge is 0.493 e. The molecule has 3 rings (SSSR count). The van der Waals surface area contributed by atoms with Gasteiger partial charge in [0.1, 0.15) is 12.4 Å². The summed E-state index contributed by atoms with van der Waals surface area (Å²) >= 11 is 0. The van der Waals surface area contributed by atoms with Crippen LogP contribution in [0.1, 0.15) is 50.3 Å². The number of aryl methyl sites for hydroxylation is 1. The zero-order chi connectivity index (χ0) is 25.5. The normalized spacial score (nSPS) is 11.2. The fourth-order valence-electron chi connectivity index (χ4n) is 4.41. The molecule has 0 aliphatic heterocycles. The van der Waals surface area contributed by atoms with Gasteiger partial charge in [-0.3, -0.25) is 9.59 Å². The topological polar surface area (TPSA) is 85.7 Å². The van der Waals surface area contributed by atoms with E-state index < -0.39 is 0 Å². The predicted octanol–water partition coefficient (Wildman–Crippen LogP) is 4.06. The highest BCUT2D eigenvalue weighted by atomic mass is 16.5. The summed E-state index contributed by atoms with van der Waals surface area (Å²) in [6.07, 6.45) is 1.33. The molecule has 1 heterocycles. The van der Waals surface area contributed by atoms with Crippen molar-refractivity contribution in [2.45, 2.75) is 59.2 Å². The number of hydrogen-bond donors (Lipinski definition) is 1. The summed E-state index contributed by atoms with van der Waals surface area (Å²) in [4.78, 5) is 32.5. The van der Waals surface area contributed by atoms with Gasteiger partial charge in [0.2, 0.25) is 5.91 Å². The number of nitrogens with zero attached hydrogens (tertiary/aromatic N) is 3. The minimum absolute atomic E-state index is 0.0705. The number of carbonyl (C=O) groups excluding carboxylic acids is 2. The van der Waals surface area contributed by atoms with Crippen molar-refractivity contribution in [3.05, 3.63) is 53.9 Å². The smallest absolute Gasteiger partial charge is 0.251 e. The molecule has 0 radical (unpaired) electrons. The molecule has 8 heteroatoms. The summed E-state index contributed by atoms with van der Waals surface area (Å²) in [7, 11) is 3.10. The predicted molar refractivity (Wildman–Crippen MR) is 137 cm³/mol. The average molecular weight is 481 g/mol. The Labute approximate surface area is 207 Å². The van der Waals surface area contributed by atoms with Crippen molar-refractivity contribution >= 4 is 22.8 Å². The molecule has 188 valence electrons. The summed E-state index contributed by atoms with van der Waals surface area (Å²) in [6.45, 7) is 8.86. The molecule has 3 aromatic rings. The Bertz CT molecular complexity index is 1160. The van der Waals surface area contributed by atoms with Crippen LogP contribution in [-0.2, 0) is 17.8 Å². The van der Waals surface area contributed by atoms with E-state index in [4.69, 9.17) is 14.5 Å². The van der Waals surface area contributed by atoms with Crippen LogP contribution in [0.4, 0.5) is 0 Å². The van der Waals surface area contributed by atoms with Crippen molar-refractivity contribution in [2.24, 2.45) is 0 Å². The van der Waals surface area contributed by atoms with E-state index in [1.807, 2.05) is 61.4 Å². The zero-order valence-electron chi connectivity index (χ0n) is 21.5. The molecule has 0 saturated carbocycles. The minimum Gasteiger partial charge on any atom is -0.493 e. The number of ether oxygens (including phenoxy) is 2. The monoisotopic (exact) mass is 480 g/mol. The van der Waals surface area contributed by atoms with Crippen LogP contribution in [0.5, 0.6) is 11.5 Å². The number of benzene rings is 2. The van der Waals surface area contributed by atoms with Gasteiger partial charge in [-0.05, 0) is 64.4 Å². The quantitative estimate of drug-likeness (QED) is 0.418. The number of carbonyl (C=O) groups is 2. The lowest BCUT2D eigenvalue weighted by atomic mass is 10.2. The Kier molecular flexibility index (Phi) is 8.73. The van der Waals surface area contributed by atoms with Crippen LogP contribution in [0.25, 0.3) is 11.0 Å². The number of hydrogen-bond acceptors (Lipinski definition) is 5. The van der Waals surface area contributed by atoms with Crippen LogP contribution >= 0.6 is 0 Å². The molecule has 2 amide bonds. The molecule has 0 fully saturated rings.